The van der Waals surface area contributed by atoms with Crippen LogP contribution >= 0.6 is 0 Å². The van der Waals surface area contributed by atoms with Crippen LogP contribution in [0.4, 0.5) is 13.2 Å². The number of imidazole rings is 1. The van der Waals surface area contributed by atoms with Gasteiger partial charge in [-0.1, -0.05) is 30.3 Å². The van der Waals surface area contributed by atoms with Crippen molar-refractivity contribution in [2.45, 2.75) is 44.9 Å². The van der Waals surface area contributed by atoms with Crippen LogP contribution in [-0.4, -0.2) is 21.6 Å². The highest BCUT2D eigenvalue weighted by atomic mass is 19.4. The fourth-order valence-corrected chi connectivity index (χ4v) is 2.44. The van der Waals surface area contributed by atoms with Crippen LogP contribution in [0.25, 0.3) is 0 Å². The molecule has 7 heteroatoms. The average Bonchev–Trinajstić information content (AvgIpc) is 2.95. The van der Waals surface area contributed by atoms with E-state index >= 15 is 0 Å². The zero-order chi connectivity index (χ0) is 17.6. The molecular weight excluding hydrogens is 319 g/mol. The van der Waals surface area contributed by atoms with Gasteiger partial charge in [-0.2, -0.15) is 13.2 Å². The minimum Gasteiger partial charge on any atom is -0.349 e. The molecule has 1 aromatic heterocycles. The first-order valence-electron chi connectivity index (χ1n) is 7.74. The second kappa shape index (κ2) is 7.99. The lowest BCUT2D eigenvalue weighted by atomic mass is 10.0. The van der Waals surface area contributed by atoms with Gasteiger partial charge in [0.2, 0.25) is 5.91 Å². The number of nitrogens with one attached hydrogen (secondary N) is 1. The number of hydrogen-bond donors (Lipinski definition) is 1. The summed E-state index contributed by atoms with van der Waals surface area (Å²) < 4.78 is 38.7. The number of aromatic nitrogens is 2. The molecular formula is C17H20F3N3O. The lowest BCUT2D eigenvalue weighted by molar-refractivity contribution is -0.144. The van der Waals surface area contributed by atoms with Crippen molar-refractivity contribution in [3.8, 4) is 0 Å². The monoisotopic (exact) mass is 339 g/mol. The molecule has 0 aliphatic rings. The van der Waals surface area contributed by atoms with E-state index < -0.39 is 24.9 Å². The lowest BCUT2D eigenvalue weighted by Gasteiger charge is -2.20. The van der Waals surface area contributed by atoms with Crippen molar-refractivity contribution in [2.75, 3.05) is 0 Å². The van der Waals surface area contributed by atoms with Crippen molar-refractivity contribution >= 4 is 5.91 Å². The molecule has 24 heavy (non-hydrogen) atoms. The van der Waals surface area contributed by atoms with Crippen LogP contribution in [0, 0.1) is 6.92 Å². The standard InChI is InChI=1S/C17H20F3N3O/c1-13-21-10-12-23(13)11-8-15(14-5-3-2-4-6-14)22-16(24)7-9-17(18,19)20/h2-6,10,12,15H,7-9,11H2,1H3,(H,22,24)/t15-/m0/s1. The van der Waals surface area contributed by atoms with E-state index in [0.29, 0.717) is 13.0 Å². The number of halogens is 3. The number of amides is 1. The fourth-order valence-electron chi connectivity index (χ4n) is 2.44. The van der Waals surface area contributed by atoms with E-state index in [-0.39, 0.29) is 6.04 Å². The Kier molecular flexibility index (Phi) is 6.00. The van der Waals surface area contributed by atoms with Gasteiger partial charge in [0.15, 0.2) is 0 Å². The van der Waals surface area contributed by atoms with Crippen LogP contribution in [0.1, 0.15) is 36.7 Å². The van der Waals surface area contributed by atoms with Gasteiger partial charge in [-0.05, 0) is 18.9 Å². The van der Waals surface area contributed by atoms with Gasteiger partial charge in [0.25, 0.3) is 0 Å². The molecule has 1 aromatic carbocycles. The molecule has 0 spiro atoms. The van der Waals surface area contributed by atoms with Gasteiger partial charge in [-0.25, -0.2) is 4.98 Å². The quantitative estimate of drug-likeness (QED) is 0.834. The van der Waals surface area contributed by atoms with Crippen molar-refractivity contribution in [1.29, 1.82) is 0 Å². The lowest BCUT2D eigenvalue weighted by Crippen LogP contribution is -2.30. The molecule has 0 aliphatic heterocycles. The van der Waals surface area contributed by atoms with E-state index in [1.54, 1.807) is 6.20 Å². The Balaban J connectivity index is 2.00. The van der Waals surface area contributed by atoms with E-state index in [2.05, 4.69) is 10.3 Å². The molecule has 0 bridgehead atoms. The maximum Gasteiger partial charge on any atom is 0.389 e. The summed E-state index contributed by atoms with van der Waals surface area (Å²) in [5, 5.41) is 2.72. The van der Waals surface area contributed by atoms with Crippen molar-refractivity contribution in [2.24, 2.45) is 0 Å². The molecule has 1 N–H and O–H groups in total. The van der Waals surface area contributed by atoms with Crippen molar-refractivity contribution in [1.82, 2.24) is 14.9 Å². The Morgan fingerprint density at radius 3 is 2.58 bits per heavy atom. The highest BCUT2D eigenvalue weighted by Crippen LogP contribution is 2.22. The fraction of sp³-hybridized carbons (Fsp3) is 0.412. The second-order valence-electron chi connectivity index (χ2n) is 5.60. The van der Waals surface area contributed by atoms with E-state index in [1.165, 1.54) is 0 Å². The van der Waals surface area contributed by atoms with Crippen LogP contribution in [0.5, 0.6) is 0 Å². The first kappa shape index (κ1) is 18.0. The number of carbonyl (C=O) groups is 1. The van der Waals surface area contributed by atoms with Crippen LogP contribution in [0.15, 0.2) is 42.7 Å². The topological polar surface area (TPSA) is 46.9 Å². The van der Waals surface area contributed by atoms with Gasteiger partial charge in [0, 0.05) is 25.4 Å². The molecule has 1 heterocycles. The molecule has 4 nitrogen and oxygen atoms in total. The first-order valence-corrected chi connectivity index (χ1v) is 7.74. The zero-order valence-corrected chi connectivity index (χ0v) is 13.4. The van der Waals surface area contributed by atoms with E-state index in [4.69, 9.17) is 0 Å². The molecule has 1 amide bonds. The summed E-state index contributed by atoms with van der Waals surface area (Å²) in [4.78, 5) is 16.0. The third-order valence-corrected chi connectivity index (χ3v) is 3.76. The molecule has 0 radical (unpaired) electrons. The molecule has 2 aromatic rings. The average molecular weight is 339 g/mol. The minimum absolute atomic E-state index is 0.339. The maximum absolute atomic E-state index is 12.3. The SMILES string of the molecule is Cc1nccn1CC[C@H](NC(=O)CCC(F)(F)F)c1ccccc1. The number of nitrogens with zero attached hydrogens (tertiary/aromatic N) is 2. The summed E-state index contributed by atoms with van der Waals surface area (Å²) in [6.45, 7) is 2.49. The summed E-state index contributed by atoms with van der Waals surface area (Å²) in [5.74, 6) is 0.258. The Morgan fingerprint density at radius 2 is 2.00 bits per heavy atom. The maximum atomic E-state index is 12.3. The predicted molar refractivity (Wildman–Crippen MR) is 84.2 cm³/mol. The van der Waals surface area contributed by atoms with Gasteiger partial charge >= 0.3 is 6.18 Å². The van der Waals surface area contributed by atoms with Gasteiger partial charge in [-0.15, -0.1) is 0 Å². The molecule has 130 valence electrons. The minimum atomic E-state index is -4.33. The predicted octanol–water partition coefficient (Wildman–Crippen LogP) is 3.78. The van der Waals surface area contributed by atoms with Crippen LogP contribution in [0.2, 0.25) is 0 Å². The number of benzene rings is 1. The summed E-state index contributed by atoms with van der Waals surface area (Å²) >= 11 is 0. The van der Waals surface area contributed by atoms with Crippen LogP contribution in [0.3, 0.4) is 0 Å². The molecule has 2 rings (SSSR count). The Hall–Kier alpha value is -2.31. The largest absolute Gasteiger partial charge is 0.389 e. The number of carbonyl (C=O) groups excluding carboxylic acids is 1. The van der Waals surface area contributed by atoms with Gasteiger partial charge in [0.05, 0.1) is 12.5 Å². The first-order chi connectivity index (χ1) is 11.3. The van der Waals surface area contributed by atoms with E-state index in [1.807, 2.05) is 48.0 Å². The van der Waals surface area contributed by atoms with Crippen molar-refractivity contribution in [3.05, 3.63) is 54.1 Å². The van der Waals surface area contributed by atoms with E-state index in [9.17, 15) is 18.0 Å². The Bertz CT molecular complexity index is 653. The number of rotatable bonds is 7. The number of aryl methyl sites for hydroxylation is 2. The second-order valence-corrected chi connectivity index (χ2v) is 5.60. The summed E-state index contributed by atoms with van der Waals surface area (Å²) in [6.07, 6.45) is -1.90. The Labute approximate surface area is 138 Å². The Morgan fingerprint density at radius 1 is 1.29 bits per heavy atom. The van der Waals surface area contributed by atoms with Crippen LogP contribution in [-0.2, 0) is 11.3 Å². The van der Waals surface area contributed by atoms with Crippen LogP contribution < -0.4 is 5.32 Å². The number of hydrogen-bond acceptors (Lipinski definition) is 2. The van der Waals surface area contributed by atoms with Gasteiger partial charge in [0.1, 0.15) is 5.82 Å². The van der Waals surface area contributed by atoms with E-state index in [0.717, 1.165) is 11.4 Å². The number of alkyl halides is 3. The molecule has 1 atom stereocenters. The normalized spacial score (nSPS) is 12.8. The van der Waals surface area contributed by atoms with Gasteiger partial charge in [-0.3, -0.25) is 4.79 Å². The highest BCUT2D eigenvalue weighted by molar-refractivity contribution is 5.76. The molecule has 0 unspecified atom stereocenters. The third kappa shape index (κ3) is 5.72. The smallest absolute Gasteiger partial charge is 0.349 e. The summed E-state index contributed by atoms with van der Waals surface area (Å²) in [5.41, 5.74) is 0.871. The zero-order valence-electron chi connectivity index (χ0n) is 13.4. The van der Waals surface area contributed by atoms with Gasteiger partial charge < -0.3 is 9.88 Å². The third-order valence-electron chi connectivity index (χ3n) is 3.76. The highest BCUT2D eigenvalue weighted by Gasteiger charge is 2.28. The molecule has 0 saturated heterocycles. The van der Waals surface area contributed by atoms with Crippen molar-refractivity contribution < 1.29 is 18.0 Å². The van der Waals surface area contributed by atoms with Crippen molar-refractivity contribution in [3.63, 3.8) is 0 Å². The summed E-state index contributed by atoms with van der Waals surface area (Å²) in [6, 6.07) is 8.91. The molecule has 0 fully saturated rings. The summed E-state index contributed by atoms with van der Waals surface area (Å²) in [7, 11) is 0. The molecule has 0 saturated carbocycles. The molecule has 0 aliphatic carbocycles.